The highest BCUT2D eigenvalue weighted by Gasteiger charge is 1.99. The van der Waals surface area contributed by atoms with E-state index in [-0.39, 0.29) is 5.78 Å². The first-order valence-corrected chi connectivity index (χ1v) is 5.78. The van der Waals surface area contributed by atoms with Crippen LogP contribution in [0.1, 0.15) is 12.8 Å². The van der Waals surface area contributed by atoms with E-state index in [1.807, 2.05) is 6.07 Å². The van der Waals surface area contributed by atoms with Gasteiger partial charge in [0.15, 0.2) is 5.82 Å². The van der Waals surface area contributed by atoms with Crippen LogP contribution in [-0.2, 0) is 4.79 Å². The molecule has 0 spiro atoms. The molecule has 0 aliphatic heterocycles. The molecular weight excluding hydrogens is 240 g/mol. The molecule has 98 valence electrons. The van der Waals surface area contributed by atoms with Crippen molar-refractivity contribution < 1.29 is 4.79 Å². The molecule has 0 saturated carbocycles. The van der Waals surface area contributed by atoms with E-state index in [4.69, 9.17) is 0 Å². The van der Waals surface area contributed by atoms with Gasteiger partial charge in [0.05, 0.1) is 0 Å². The Morgan fingerprint density at radius 2 is 1.84 bits per heavy atom. The number of aromatic nitrogens is 4. The van der Waals surface area contributed by atoms with Gasteiger partial charge in [-0.05, 0) is 12.1 Å². The van der Waals surface area contributed by atoms with Crippen LogP contribution in [0.15, 0.2) is 56.0 Å². The van der Waals surface area contributed by atoms with Gasteiger partial charge in [0.25, 0.3) is 0 Å². The van der Waals surface area contributed by atoms with E-state index in [9.17, 15) is 4.79 Å². The molecule has 0 aliphatic rings. The monoisotopic (exact) mass is 256 g/mol. The number of rotatable bonds is 5. The second-order valence-corrected chi connectivity index (χ2v) is 3.56. The molecule has 0 fully saturated rings. The molecule has 19 heavy (non-hydrogen) atoms. The van der Waals surface area contributed by atoms with Gasteiger partial charge in [0, 0.05) is 31.4 Å². The molecule has 5 nitrogen and oxygen atoms in total. The predicted octanol–water partition coefficient (Wildman–Crippen LogP) is 2.57. The Labute approximate surface area is 112 Å². The average molecular weight is 256 g/mol. The van der Waals surface area contributed by atoms with Crippen LogP contribution in [0.5, 0.6) is 0 Å². The van der Waals surface area contributed by atoms with Crippen LogP contribution in [-0.4, -0.2) is 25.9 Å². The number of hydrogen-bond donors (Lipinski definition) is 1. The summed E-state index contributed by atoms with van der Waals surface area (Å²) in [5.74, 6) is 0.823. The van der Waals surface area contributed by atoms with Crippen molar-refractivity contribution in [3.8, 4) is 11.5 Å². The van der Waals surface area contributed by atoms with Crippen molar-refractivity contribution in [3.05, 3.63) is 56.0 Å². The van der Waals surface area contributed by atoms with E-state index in [2.05, 4.69) is 33.3 Å². The number of H-pyrrole nitrogens is 1. The highest BCUT2D eigenvalue weighted by atomic mass is 16.1. The molecule has 0 radical (unpaired) electrons. The van der Waals surface area contributed by atoms with E-state index in [1.54, 1.807) is 36.8 Å². The third-order valence-corrected chi connectivity index (χ3v) is 2.04. The molecule has 2 aromatic rings. The number of carbonyl (C=O) groups excluding carboxylic acids is 1. The third-order valence-electron chi connectivity index (χ3n) is 2.04. The fraction of sp³-hybridized carbons (Fsp3) is 0.143. The number of ketones is 1. The lowest BCUT2D eigenvalue weighted by Gasteiger charge is -1.89. The first-order valence-electron chi connectivity index (χ1n) is 5.78. The topological polar surface area (TPSA) is 71.5 Å². The second-order valence-electron chi connectivity index (χ2n) is 3.56. The minimum atomic E-state index is 0.176. The van der Waals surface area contributed by atoms with Crippen molar-refractivity contribution >= 4 is 5.78 Å². The van der Waals surface area contributed by atoms with E-state index in [0.717, 1.165) is 5.69 Å². The molecule has 1 N–H and O–H groups in total. The number of Topliss-reactive ketones (excluding diaryl/α,β-unsaturated/α-hetero) is 1. The molecule has 0 saturated heterocycles. The van der Waals surface area contributed by atoms with Gasteiger partial charge in [-0.2, -0.15) is 5.10 Å². The number of nitrogens with one attached hydrogen (secondary N) is 1. The zero-order chi connectivity index (χ0) is 13.9. The number of allylic oxidation sites excluding steroid dienone is 2. The zero-order valence-electron chi connectivity index (χ0n) is 10.6. The number of nitrogens with zero attached hydrogens (tertiary/aromatic N) is 3. The maximum atomic E-state index is 10.5. The van der Waals surface area contributed by atoms with E-state index >= 15 is 0 Å². The summed E-state index contributed by atoms with van der Waals surface area (Å²) in [5.41, 5.74) is 0.769. The molecule has 2 rings (SSSR count). The smallest absolute Gasteiger partial charge is 0.179 e. The first kappa shape index (κ1) is 14.5. The first-order chi connectivity index (χ1) is 9.27. The van der Waals surface area contributed by atoms with Crippen LogP contribution in [0.4, 0.5) is 0 Å². The summed E-state index contributed by atoms with van der Waals surface area (Å²) in [5, 5.41) is 6.63. The van der Waals surface area contributed by atoms with Crippen molar-refractivity contribution in [3.63, 3.8) is 0 Å². The predicted molar refractivity (Wildman–Crippen MR) is 74.2 cm³/mol. The van der Waals surface area contributed by atoms with Crippen LogP contribution >= 0.6 is 0 Å². The van der Waals surface area contributed by atoms with Gasteiger partial charge in [-0.25, -0.2) is 9.97 Å². The van der Waals surface area contributed by atoms with Gasteiger partial charge >= 0.3 is 0 Å². The Kier molecular flexibility index (Phi) is 6.50. The maximum Gasteiger partial charge on any atom is 0.179 e. The molecule has 5 heteroatoms. The van der Waals surface area contributed by atoms with Crippen LogP contribution in [0.3, 0.4) is 0 Å². The summed E-state index contributed by atoms with van der Waals surface area (Å²) in [4.78, 5) is 18.6. The maximum absolute atomic E-state index is 10.5. The fourth-order valence-corrected chi connectivity index (χ4v) is 1.22. The molecule has 2 heterocycles. The highest BCUT2D eigenvalue weighted by molar-refractivity contribution is 5.80. The van der Waals surface area contributed by atoms with Gasteiger partial charge in [0.1, 0.15) is 11.5 Å². The Bertz CT molecular complexity index is 494. The van der Waals surface area contributed by atoms with Gasteiger partial charge in [-0.1, -0.05) is 12.2 Å². The molecule has 0 aromatic carbocycles. The standard InChI is InChI=1S/C7H6N4.C7H10O/c1-3-8-7(9-4-1)6-2-5-10-11-6;1-3-5-7(8)6-4-2/h1-5H,(H,10,11);3-4H,1-2,5-6H2. The molecule has 0 atom stereocenters. The lowest BCUT2D eigenvalue weighted by molar-refractivity contribution is -0.117. The largest absolute Gasteiger partial charge is 0.299 e. The van der Waals surface area contributed by atoms with Gasteiger partial charge in [-0.3, -0.25) is 9.89 Å². The quantitative estimate of drug-likeness (QED) is 0.834. The van der Waals surface area contributed by atoms with Crippen molar-refractivity contribution in [2.75, 3.05) is 0 Å². The fourth-order valence-electron chi connectivity index (χ4n) is 1.22. The van der Waals surface area contributed by atoms with Crippen LogP contribution in [0.25, 0.3) is 11.5 Å². The molecule has 0 aliphatic carbocycles. The summed E-state index contributed by atoms with van der Waals surface area (Å²) in [6.45, 7) is 6.86. The summed E-state index contributed by atoms with van der Waals surface area (Å²) < 4.78 is 0. The van der Waals surface area contributed by atoms with Gasteiger partial charge < -0.3 is 0 Å². The normalized spacial score (nSPS) is 9.05. The van der Waals surface area contributed by atoms with Crippen molar-refractivity contribution in [1.29, 1.82) is 0 Å². The van der Waals surface area contributed by atoms with Crippen molar-refractivity contribution in [2.24, 2.45) is 0 Å². The lowest BCUT2D eigenvalue weighted by Crippen LogP contribution is -1.90. The molecule has 0 bridgehead atoms. The van der Waals surface area contributed by atoms with Crippen molar-refractivity contribution in [2.45, 2.75) is 12.8 Å². The van der Waals surface area contributed by atoms with E-state index in [0.29, 0.717) is 18.7 Å². The summed E-state index contributed by atoms with van der Waals surface area (Å²) in [6, 6.07) is 3.60. The van der Waals surface area contributed by atoms with Gasteiger partial charge in [0.2, 0.25) is 0 Å². The highest BCUT2D eigenvalue weighted by Crippen LogP contribution is 2.06. The van der Waals surface area contributed by atoms with Crippen molar-refractivity contribution in [1.82, 2.24) is 20.2 Å². The average Bonchev–Trinajstić information content (AvgIpc) is 2.95. The zero-order valence-corrected chi connectivity index (χ0v) is 10.6. The van der Waals surface area contributed by atoms with Crippen LogP contribution < -0.4 is 0 Å². The minimum absolute atomic E-state index is 0.176. The Balaban J connectivity index is 0.000000203. The molecular formula is C14H16N4O. The second kappa shape index (κ2) is 8.52. The molecule has 0 unspecified atom stereocenters. The third kappa shape index (κ3) is 5.54. The minimum Gasteiger partial charge on any atom is -0.299 e. The Hall–Kier alpha value is -2.56. The molecule has 2 aromatic heterocycles. The SMILES string of the molecule is C=CCC(=O)CC=C.c1cnc(-c2cc[nH]n2)nc1. The Morgan fingerprint density at radius 1 is 1.21 bits per heavy atom. The van der Waals surface area contributed by atoms with Crippen LogP contribution in [0.2, 0.25) is 0 Å². The van der Waals surface area contributed by atoms with Gasteiger partial charge in [-0.15, -0.1) is 13.2 Å². The van der Waals surface area contributed by atoms with Crippen LogP contribution in [0, 0.1) is 0 Å². The summed E-state index contributed by atoms with van der Waals surface area (Å²) in [6.07, 6.45) is 9.26. The summed E-state index contributed by atoms with van der Waals surface area (Å²) in [7, 11) is 0. The number of aromatic amines is 1. The molecule has 0 amide bonds. The lowest BCUT2D eigenvalue weighted by atomic mass is 10.2. The number of hydrogen-bond acceptors (Lipinski definition) is 4. The summed E-state index contributed by atoms with van der Waals surface area (Å²) >= 11 is 0. The Morgan fingerprint density at radius 3 is 2.32 bits per heavy atom. The van der Waals surface area contributed by atoms with E-state index < -0.39 is 0 Å². The van der Waals surface area contributed by atoms with E-state index in [1.165, 1.54) is 0 Å². The number of carbonyl (C=O) groups is 1.